The fourth-order valence-corrected chi connectivity index (χ4v) is 2.15. The molecule has 0 fully saturated rings. The second kappa shape index (κ2) is 6.50. The molecule has 0 amide bonds. The van der Waals surface area contributed by atoms with Gasteiger partial charge in [-0.2, -0.15) is 0 Å². The van der Waals surface area contributed by atoms with Crippen molar-refractivity contribution in [3.05, 3.63) is 48.5 Å². The summed E-state index contributed by atoms with van der Waals surface area (Å²) in [4.78, 5) is 4.04. The molecule has 2 aromatic rings. The van der Waals surface area contributed by atoms with E-state index in [1.807, 2.05) is 10.8 Å². The van der Waals surface area contributed by atoms with Gasteiger partial charge in [-0.05, 0) is 38.0 Å². The Kier molecular flexibility index (Phi) is 4.71. The largest absolute Gasteiger partial charge is 0.396 e. The van der Waals surface area contributed by atoms with E-state index in [4.69, 9.17) is 5.11 Å². The number of nitrogens with one attached hydrogen (secondary N) is 1. The van der Waals surface area contributed by atoms with Gasteiger partial charge in [-0.25, -0.2) is 4.98 Å². The molecular weight excluding hydrogens is 238 g/mol. The highest BCUT2D eigenvalue weighted by atomic mass is 16.3. The van der Waals surface area contributed by atoms with E-state index >= 15 is 0 Å². The normalized spacial score (nSPS) is 14.3. The standard InChI is InChI=1S/C15H21N3O/c1-12(7-10-19)17-13(2)14-3-5-15(6-4-14)18-9-8-16-11-18/h3-6,8-9,11-13,17,19H,7,10H2,1-2H3. The van der Waals surface area contributed by atoms with E-state index in [9.17, 15) is 0 Å². The van der Waals surface area contributed by atoms with E-state index in [-0.39, 0.29) is 12.6 Å². The fraction of sp³-hybridized carbons (Fsp3) is 0.400. The summed E-state index contributed by atoms with van der Waals surface area (Å²) in [6, 6.07) is 9.02. The summed E-state index contributed by atoms with van der Waals surface area (Å²) in [6.07, 6.45) is 6.27. The van der Waals surface area contributed by atoms with Crippen LogP contribution in [0.25, 0.3) is 5.69 Å². The molecule has 1 aromatic heterocycles. The van der Waals surface area contributed by atoms with Crippen molar-refractivity contribution in [3.8, 4) is 5.69 Å². The molecule has 0 saturated carbocycles. The number of hydrogen-bond donors (Lipinski definition) is 2. The van der Waals surface area contributed by atoms with Gasteiger partial charge in [0.05, 0.1) is 6.33 Å². The van der Waals surface area contributed by atoms with Crippen LogP contribution >= 0.6 is 0 Å². The number of benzene rings is 1. The first-order chi connectivity index (χ1) is 9.20. The average Bonchev–Trinajstić information content (AvgIpc) is 2.93. The lowest BCUT2D eigenvalue weighted by Gasteiger charge is -2.20. The predicted molar refractivity (Wildman–Crippen MR) is 76.3 cm³/mol. The summed E-state index contributed by atoms with van der Waals surface area (Å²) in [7, 11) is 0. The molecule has 1 heterocycles. The number of hydrogen-bond acceptors (Lipinski definition) is 3. The van der Waals surface area contributed by atoms with Crippen LogP contribution in [0, 0.1) is 0 Å². The Morgan fingerprint density at radius 3 is 2.58 bits per heavy atom. The van der Waals surface area contributed by atoms with E-state index in [1.54, 1.807) is 12.5 Å². The van der Waals surface area contributed by atoms with Gasteiger partial charge in [0.2, 0.25) is 0 Å². The highest BCUT2D eigenvalue weighted by Crippen LogP contribution is 2.16. The third kappa shape index (κ3) is 3.66. The fourth-order valence-electron chi connectivity index (χ4n) is 2.15. The molecule has 2 N–H and O–H groups in total. The van der Waals surface area contributed by atoms with E-state index in [1.165, 1.54) is 5.56 Å². The van der Waals surface area contributed by atoms with Crippen LogP contribution in [0.5, 0.6) is 0 Å². The molecule has 1 aromatic carbocycles. The summed E-state index contributed by atoms with van der Waals surface area (Å²) in [6.45, 7) is 4.45. The van der Waals surface area contributed by atoms with Crippen LogP contribution in [-0.4, -0.2) is 27.3 Å². The van der Waals surface area contributed by atoms with Crippen molar-refractivity contribution in [1.29, 1.82) is 0 Å². The lowest BCUT2D eigenvalue weighted by atomic mass is 10.1. The molecule has 19 heavy (non-hydrogen) atoms. The van der Waals surface area contributed by atoms with Crippen LogP contribution in [0.1, 0.15) is 31.9 Å². The van der Waals surface area contributed by atoms with Gasteiger partial charge in [0.1, 0.15) is 0 Å². The molecule has 2 rings (SSSR count). The lowest BCUT2D eigenvalue weighted by molar-refractivity contribution is 0.264. The highest BCUT2D eigenvalue weighted by molar-refractivity contribution is 5.35. The molecule has 4 nitrogen and oxygen atoms in total. The number of rotatable bonds is 6. The maximum atomic E-state index is 8.91. The molecule has 2 unspecified atom stereocenters. The Labute approximate surface area is 114 Å². The van der Waals surface area contributed by atoms with E-state index in [0.29, 0.717) is 6.04 Å². The van der Waals surface area contributed by atoms with Gasteiger partial charge in [-0.3, -0.25) is 0 Å². The predicted octanol–water partition coefficient (Wildman–Crippen LogP) is 2.29. The van der Waals surface area contributed by atoms with Crippen molar-refractivity contribution in [2.75, 3.05) is 6.61 Å². The summed E-state index contributed by atoms with van der Waals surface area (Å²) in [5.74, 6) is 0. The smallest absolute Gasteiger partial charge is 0.0991 e. The monoisotopic (exact) mass is 259 g/mol. The molecular formula is C15H21N3O. The lowest BCUT2D eigenvalue weighted by Crippen LogP contribution is -2.29. The SMILES string of the molecule is CC(CCO)NC(C)c1ccc(-n2ccnc2)cc1. The van der Waals surface area contributed by atoms with Crippen LogP contribution in [0.15, 0.2) is 43.0 Å². The zero-order valence-corrected chi connectivity index (χ0v) is 11.5. The summed E-state index contributed by atoms with van der Waals surface area (Å²) in [5.41, 5.74) is 2.35. The third-order valence-electron chi connectivity index (χ3n) is 3.29. The maximum Gasteiger partial charge on any atom is 0.0991 e. The minimum atomic E-state index is 0.223. The minimum absolute atomic E-state index is 0.223. The number of imidazole rings is 1. The molecule has 0 bridgehead atoms. The van der Waals surface area contributed by atoms with Crippen molar-refractivity contribution in [3.63, 3.8) is 0 Å². The summed E-state index contributed by atoms with van der Waals surface area (Å²) < 4.78 is 1.98. The summed E-state index contributed by atoms with van der Waals surface area (Å²) >= 11 is 0. The average molecular weight is 259 g/mol. The van der Waals surface area contributed by atoms with Crippen molar-refractivity contribution >= 4 is 0 Å². The van der Waals surface area contributed by atoms with Gasteiger partial charge in [0.25, 0.3) is 0 Å². The van der Waals surface area contributed by atoms with Gasteiger partial charge in [-0.15, -0.1) is 0 Å². The molecule has 0 aliphatic rings. The Bertz CT molecular complexity index is 479. The Hall–Kier alpha value is -1.65. The molecule has 0 spiro atoms. The molecule has 0 radical (unpaired) electrons. The van der Waals surface area contributed by atoms with Gasteiger partial charge in [0, 0.05) is 36.8 Å². The van der Waals surface area contributed by atoms with Gasteiger partial charge < -0.3 is 15.0 Å². The van der Waals surface area contributed by atoms with Crippen LogP contribution < -0.4 is 5.32 Å². The topological polar surface area (TPSA) is 50.1 Å². The van der Waals surface area contributed by atoms with Crippen LogP contribution in [0.3, 0.4) is 0 Å². The molecule has 2 atom stereocenters. The first kappa shape index (κ1) is 13.8. The number of aliphatic hydroxyl groups is 1. The van der Waals surface area contributed by atoms with Crippen LogP contribution in [-0.2, 0) is 0 Å². The molecule has 4 heteroatoms. The number of nitrogens with zero attached hydrogens (tertiary/aromatic N) is 2. The van der Waals surface area contributed by atoms with Gasteiger partial charge >= 0.3 is 0 Å². The van der Waals surface area contributed by atoms with Gasteiger partial charge in [-0.1, -0.05) is 12.1 Å². The minimum Gasteiger partial charge on any atom is -0.396 e. The van der Waals surface area contributed by atoms with Crippen LogP contribution in [0.2, 0.25) is 0 Å². The van der Waals surface area contributed by atoms with E-state index in [2.05, 4.69) is 48.4 Å². The quantitative estimate of drug-likeness (QED) is 0.837. The van der Waals surface area contributed by atoms with Crippen LogP contribution in [0.4, 0.5) is 0 Å². The third-order valence-corrected chi connectivity index (χ3v) is 3.29. The zero-order valence-electron chi connectivity index (χ0n) is 11.5. The summed E-state index contributed by atoms with van der Waals surface area (Å²) in [5, 5.41) is 12.4. The van der Waals surface area contributed by atoms with Crippen molar-refractivity contribution in [1.82, 2.24) is 14.9 Å². The number of aromatic nitrogens is 2. The molecule has 102 valence electrons. The Morgan fingerprint density at radius 2 is 2.00 bits per heavy atom. The van der Waals surface area contributed by atoms with Crippen molar-refractivity contribution < 1.29 is 5.11 Å². The molecule has 0 aliphatic carbocycles. The maximum absolute atomic E-state index is 8.91. The van der Waals surface area contributed by atoms with Gasteiger partial charge in [0.15, 0.2) is 0 Å². The molecule has 0 saturated heterocycles. The first-order valence-electron chi connectivity index (χ1n) is 6.66. The van der Waals surface area contributed by atoms with E-state index in [0.717, 1.165) is 12.1 Å². The Morgan fingerprint density at radius 1 is 1.26 bits per heavy atom. The molecule has 0 aliphatic heterocycles. The number of aliphatic hydroxyl groups excluding tert-OH is 1. The Balaban J connectivity index is 2.02. The second-order valence-electron chi connectivity index (χ2n) is 4.86. The van der Waals surface area contributed by atoms with Crippen molar-refractivity contribution in [2.45, 2.75) is 32.4 Å². The van der Waals surface area contributed by atoms with E-state index < -0.39 is 0 Å². The van der Waals surface area contributed by atoms with Crippen molar-refractivity contribution in [2.24, 2.45) is 0 Å². The second-order valence-corrected chi connectivity index (χ2v) is 4.86. The zero-order chi connectivity index (χ0) is 13.7. The first-order valence-corrected chi connectivity index (χ1v) is 6.66. The highest BCUT2D eigenvalue weighted by Gasteiger charge is 2.09.